The van der Waals surface area contributed by atoms with E-state index in [2.05, 4.69) is 15.9 Å². The minimum atomic E-state index is -4.36. The molecule has 2 aromatic rings. The second-order valence-electron chi connectivity index (χ2n) is 5.72. The first-order valence-electron chi connectivity index (χ1n) is 7.71. The fourth-order valence-electron chi connectivity index (χ4n) is 2.79. The van der Waals surface area contributed by atoms with Crippen molar-refractivity contribution >= 4 is 21.5 Å². The molecule has 2 aromatic carbocycles. The molecule has 5 heteroatoms. The van der Waals surface area contributed by atoms with E-state index in [4.69, 9.17) is 4.74 Å². The van der Waals surface area contributed by atoms with Crippen molar-refractivity contribution in [2.45, 2.75) is 32.0 Å². The normalized spacial score (nSPS) is 15.0. The molecule has 0 bridgehead atoms. The summed E-state index contributed by atoms with van der Waals surface area (Å²) in [7, 11) is 0. The average molecular weight is 397 g/mol. The molecule has 0 radical (unpaired) electrons. The lowest BCUT2D eigenvalue weighted by Gasteiger charge is -2.16. The van der Waals surface area contributed by atoms with E-state index in [0.717, 1.165) is 40.9 Å². The first kappa shape index (κ1) is 17.1. The molecule has 1 aliphatic rings. The molecule has 24 heavy (non-hydrogen) atoms. The SMILES string of the molecule is FC(F)(F)c1ccc(OCc2ccccc2)c(C2=C(Br)CCC2)c1. The summed E-state index contributed by atoms with van der Waals surface area (Å²) in [6.07, 6.45) is -1.82. The summed E-state index contributed by atoms with van der Waals surface area (Å²) in [5.41, 5.74) is 1.77. The summed E-state index contributed by atoms with van der Waals surface area (Å²) in [6.45, 7) is 0.324. The standard InChI is InChI=1S/C19H16BrF3O/c20-17-8-4-7-15(17)16-11-14(19(21,22)23)9-10-18(16)24-12-13-5-2-1-3-6-13/h1-3,5-6,9-11H,4,7-8,12H2. The Hall–Kier alpha value is -1.75. The van der Waals surface area contributed by atoms with Gasteiger partial charge in [0.1, 0.15) is 12.4 Å². The van der Waals surface area contributed by atoms with Crippen molar-refractivity contribution in [3.05, 3.63) is 69.7 Å². The Morgan fingerprint density at radius 2 is 1.75 bits per heavy atom. The van der Waals surface area contributed by atoms with Crippen molar-refractivity contribution in [2.75, 3.05) is 0 Å². The maximum Gasteiger partial charge on any atom is 0.416 e. The van der Waals surface area contributed by atoms with Gasteiger partial charge in [0, 0.05) is 5.56 Å². The molecule has 0 aromatic heterocycles. The summed E-state index contributed by atoms with van der Waals surface area (Å²) in [5.74, 6) is 0.487. The average Bonchev–Trinajstić information content (AvgIpc) is 2.99. The molecular weight excluding hydrogens is 381 g/mol. The highest BCUT2D eigenvalue weighted by Crippen LogP contribution is 2.43. The van der Waals surface area contributed by atoms with Gasteiger partial charge in [-0.3, -0.25) is 0 Å². The summed E-state index contributed by atoms with van der Waals surface area (Å²) in [4.78, 5) is 0. The second-order valence-corrected chi connectivity index (χ2v) is 6.68. The third-order valence-corrected chi connectivity index (χ3v) is 4.89. The van der Waals surface area contributed by atoms with Gasteiger partial charge < -0.3 is 4.74 Å². The van der Waals surface area contributed by atoms with Crippen molar-refractivity contribution < 1.29 is 17.9 Å². The highest BCUT2D eigenvalue weighted by Gasteiger charge is 2.32. The number of hydrogen-bond acceptors (Lipinski definition) is 1. The summed E-state index contributed by atoms with van der Waals surface area (Å²) in [5, 5.41) is 0. The lowest BCUT2D eigenvalue weighted by atomic mass is 10.0. The van der Waals surface area contributed by atoms with Gasteiger partial charge in [-0.15, -0.1) is 0 Å². The Morgan fingerprint density at radius 3 is 2.38 bits per heavy atom. The van der Waals surface area contributed by atoms with E-state index in [9.17, 15) is 13.2 Å². The van der Waals surface area contributed by atoms with E-state index >= 15 is 0 Å². The minimum absolute atomic E-state index is 0.324. The molecule has 3 rings (SSSR count). The molecule has 0 spiro atoms. The minimum Gasteiger partial charge on any atom is -0.488 e. The predicted octanol–water partition coefficient (Wildman–Crippen LogP) is 6.57. The first-order chi connectivity index (χ1) is 11.4. The highest BCUT2D eigenvalue weighted by atomic mass is 79.9. The molecule has 0 amide bonds. The zero-order valence-electron chi connectivity index (χ0n) is 12.9. The van der Waals surface area contributed by atoms with Crippen LogP contribution in [0.1, 0.15) is 36.0 Å². The van der Waals surface area contributed by atoms with Gasteiger partial charge in [0.05, 0.1) is 5.56 Å². The first-order valence-corrected chi connectivity index (χ1v) is 8.50. The van der Waals surface area contributed by atoms with Crippen LogP contribution in [0.2, 0.25) is 0 Å². The number of hydrogen-bond donors (Lipinski definition) is 0. The van der Waals surface area contributed by atoms with Gasteiger partial charge in [0.25, 0.3) is 0 Å². The molecule has 1 aliphatic carbocycles. The molecule has 0 fully saturated rings. The number of benzene rings is 2. The van der Waals surface area contributed by atoms with Crippen molar-refractivity contribution in [2.24, 2.45) is 0 Å². The molecule has 0 N–H and O–H groups in total. The monoisotopic (exact) mass is 396 g/mol. The van der Waals surface area contributed by atoms with Gasteiger partial charge in [-0.05, 0) is 53.1 Å². The predicted molar refractivity (Wildman–Crippen MR) is 91.9 cm³/mol. The molecule has 0 aliphatic heterocycles. The van der Waals surface area contributed by atoms with Crippen molar-refractivity contribution in [1.82, 2.24) is 0 Å². The molecule has 126 valence electrons. The fourth-order valence-corrected chi connectivity index (χ4v) is 3.48. The smallest absolute Gasteiger partial charge is 0.416 e. The number of halogens is 4. The van der Waals surface area contributed by atoms with E-state index in [1.54, 1.807) is 0 Å². The number of rotatable bonds is 4. The van der Waals surface area contributed by atoms with Gasteiger partial charge >= 0.3 is 6.18 Å². The lowest BCUT2D eigenvalue weighted by Crippen LogP contribution is -2.07. The Morgan fingerprint density at radius 1 is 1.00 bits per heavy atom. The van der Waals surface area contributed by atoms with Gasteiger partial charge in [-0.1, -0.05) is 46.3 Å². The summed E-state index contributed by atoms with van der Waals surface area (Å²) < 4.78 is 46.0. The largest absolute Gasteiger partial charge is 0.488 e. The molecule has 0 atom stereocenters. The van der Waals surface area contributed by atoms with E-state index in [0.29, 0.717) is 17.9 Å². The van der Waals surface area contributed by atoms with Crippen LogP contribution in [0, 0.1) is 0 Å². The van der Waals surface area contributed by atoms with Crippen LogP contribution in [0.5, 0.6) is 5.75 Å². The number of alkyl halides is 3. The van der Waals surface area contributed by atoms with Gasteiger partial charge in [0.2, 0.25) is 0 Å². The topological polar surface area (TPSA) is 9.23 Å². The van der Waals surface area contributed by atoms with E-state index < -0.39 is 11.7 Å². The van der Waals surface area contributed by atoms with Crippen molar-refractivity contribution in [3.8, 4) is 5.75 Å². The zero-order chi connectivity index (χ0) is 17.2. The molecule has 0 saturated heterocycles. The Kier molecular flexibility index (Phi) is 4.99. The van der Waals surface area contributed by atoms with E-state index in [1.807, 2.05) is 30.3 Å². The van der Waals surface area contributed by atoms with E-state index in [-0.39, 0.29) is 0 Å². The van der Waals surface area contributed by atoms with Crippen LogP contribution in [0.3, 0.4) is 0 Å². The summed E-state index contributed by atoms with van der Waals surface area (Å²) >= 11 is 3.49. The zero-order valence-corrected chi connectivity index (χ0v) is 14.5. The molecule has 1 nitrogen and oxygen atoms in total. The van der Waals surface area contributed by atoms with Crippen molar-refractivity contribution in [3.63, 3.8) is 0 Å². The maximum atomic E-state index is 13.1. The van der Waals surface area contributed by atoms with Gasteiger partial charge in [-0.25, -0.2) is 0 Å². The van der Waals surface area contributed by atoms with Crippen LogP contribution in [0.15, 0.2) is 53.0 Å². The lowest BCUT2D eigenvalue weighted by molar-refractivity contribution is -0.137. The second kappa shape index (κ2) is 7.01. The van der Waals surface area contributed by atoms with Crippen molar-refractivity contribution in [1.29, 1.82) is 0 Å². The fraction of sp³-hybridized carbons (Fsp3) is 0.263. The Balaban J connectivity index is 1.94. The third kappa shape index (κ3) is 3.83. The molecule has 0 unspecified atom stereocenters. The quantitative estimate of drug-likeness (QED) is 0.567. The molecule has 0 heterocycles. The van der Waals surface area contributed by atoms with E-state index in [1.165, 1.54) is 12.1 Å². The highest BCUT2D eigenvalue weighted by molar-refractivity contribution is 9.11. The van der Waals surface area contributed by atoms with Crippen LogP contribution in [-0.4, -0.2) is 0 Å². The van der Waals surface area contributed by atoms with Gasteiger partial charge in [0.15, 0.2) is 0 Å². The molecule has 0 saturated carbocycles. The maximum absolute atomic E-state index is 13.1. The number of allylic oxidation sites excluding steroid dienone is 2. The Labute approximate surface area is 147 Å². The summed E-state index contributed by atoms with van der Waals surface area (Å²) in [6, 6.07) is 13.3. The third-order valence-electron chi connectivity index (χ3n) is 4.02. The molecular formula is C19H16BrF3O. The number of ether oxygens (including phenoxy) is 1. The van der Waals surface area contributed by atoms with Crippen LogP contribution < -0.4 is 4.74 Å². The van der Waals surface area contributed by atoms with Crippen LogP contribution in [0.25, 0.3) is 5.57 Å². The van der Waals surface area contributed by atoms with Crippen LogP contribution in [0.4, 0.5) is 13.2 Å². The van der Waals surface area contributed by atoms with Crippen LogP contribution in [-0.2, 0) is 12.8 Å². The Bertz CT molecular complexity index is 751. The van der Waals surface area contributed by atoms with Gasteiger partial charge in [-0.2, -0.15) is 13.2 Å². The van der Waals surface area contributed by atoms with Crippen LogP contribution >= 0.6 is 15.9 Å².